The van der Waals surface area contributed by atoms with Gasteiger partial charge in [-0.25, -0.2) is 4.68 Å². The smallest absolute Gasteiger partial charge is 0.271 e. The van der Waals surface area contributed by atoms with E-state index in [0.717, 1.165) is 17.6 Å². The van der Waals surface area contributed by atoms with Crippen molar-refractivity contribution in [1.82, 2.24) is 20.1 Å². The Hall–Kier alpha value is -3.05. The van der Waals surface area contributed by atoms with Gasteiger partial charge in [-0.05, 0) is 42.3 Å². The summed E-state index contributed by atoms with van der Waals surface area (Å²) in [6.45, 7) is 0.546. The number of halogens is 1. The van der Waals surface area contributed by atoms with E-state index in [4.69, 9.17) is 11.6 Å². The van der Waals surface area contributed by atoms with Crippen LogP contribution < -0.4 is 5.32 Å². The zero-order chi connectivity index (χ0) is 17.9. The number of carbonyl (C=O) groups excluding carboxylic acids is 1. The normalized spacial score (nSPS) is 11.0. The number of H-pyrrole nitrogens is 1. The molecule has 0 aliphatic rings. The number of amides is 1. The van der Waals surface area contributed by atoms with Gasteiger partial charge in [-0.1, -0.05) is 35.9 Å². The van der Waals surface area contributed by atoms with E-state index in [1.54, 1.807) is 29.1 Å². The summed E-state index contributed by atoms with van der Waals surface area (Å²) in [5.74, 6) is -0.189. The number of rotatable bonds is 5. The van der Waals surface area contributed by atoms with Crippen molar-refractivity contribution in [3.63, 3.8) is 0 Å². The second-order valence-corrected chi connectivity index (χ2v) is 6.43. The van der Waals surface area contributed by atoms with Crippen LogP contribution >= 0.6 is 11.6 Å². The molecule has 130 valence electrons. The molecule has 0 fully saturated rings. The number of carbonyl (C=O) groups is 1. The van der Waals surface area contributed by atoms with Crippen LogP contribution in [0, 0.1) is 0 Å². The van der Waals surface area contributed by atoms with Crippen molar-refractivity contribution in [2.75, 3.05) is 6.54 Å². The van der Waals surface area contributed by atoms with Crippen LogP contribution in [0.2, 0.25) is 5.02 Å². The van der Waals surface area contributed by atoms with Crippen LogP contribution in [0.3, 0.4) is 0 Å². The highest BCUT2D eigenvalue weighted by Gasteiger charge is 2.10. The summed E-state index contributed by atoms with van der Waals surface area (Å²) >= 11 is 6.00. The molecule has 0 unspecified atom stereocenters. The van der Waals surface area contributed by atoms with Crippen LogP contribution in [0.25, 0.3) is 16.6 Å². The molecule has 0 aliphatic heterocycles. The van der Waals surface area contributed by atoms with E-state index in [0.29, 0.717) is 17.3 Å². The minimum Gasteiger partial charge on any atom is -0.361 e. The topological polar surface area (TPSA) is 62.7 Å². The van der Waals surface area contributed by atoms with E-state index in [2.05, 4.69) is 21.5 Å². The molecular formula is C20H17ClN4O. The molecule has 0 spiro atoms. The Morgan fingerprint density at radius 1 is 1.15 bits per heavy atom. The van der Waals surface area contributed by atoms with Crippen molar-refractivity contribution in [2.45, 2.75) is 6.42 Å². The third-order valence-corrected chi connectivity index (χ3v) is 4.48. The maximum absolute atomic E-state index is 12.3. The number of fused-ring (bicyclic) bond motifs is 1. The van der Waals surface area contributed by atoms with Gasteiger partial charge in [0, 0.05) is 34.9 Å². The lowest BCUT2D eigenvalue weighted by molar-refractivity contribution is 0.0949. The zero-order valence-corrected chi connectivity index (χ0v) is 14.7. The summed E-state index contributed by atoms with van der Waals surface area (Å²) in [6, 6.07) is 17.2. The highest BCUT2D eigenvalue weighted by molar-refractivity contribution is 6.30. The zero-order valence-electron chi connectivity index (χ0n) is 13.9. The first-order valence-electron chi connectivity index (χ1n) is 8.35. The van der Waals surface area contributed by atoms with Crippen LogP contribution in [-0.2, 0) is 6.42 Å². The molecule has 4 rings (SSSR count). The van der Waals surface area contributed by atoms with Crippen molar-refractivity contribution < 1.29 is 4.79 Å². The summed E-state index contributed by atoms with van der Waals surface area (Å²) in [4.78, 5) is 15.6. The number of aromatic nitrogens is 3. The van der Waals surface area contributed by atoms with Gasteiger partial charge in [-0.2, -0.15) is 5.10 Å². The Morgan fingerprint density at radius 3 is 2.92 bits per heavy atom. The van der Waals surface area contributed by atoms with Crippen molar-refractivity contribution in [3.8, 4) is 5.69 Å². The fourth-order valence-electron chi connectivity index (χ4n) is 2.95. The Morgan fingerprint density at radius 2 is 2.04 bits per heavy atom. The van der Waals surface area contributed by atoms with Gasteiger partial charge in [-0.15, -0.1) is 0 Å². The Balaban J connectivity index is 1.39. The van der Waals surface area contributed by atoms with E-state index >= 15 is 0 Å². The first-order chi connectivity index (χ1) is 12.7. The average molecular weight is 365 g/mol. The van der Waals surface area contributed by atoms with E-state index in [-0.39, 0.29) is 5.91 Å². The summed E-state index contributed by atoms with van der Waals surface area (Å²) < 4.78 is 1.64. The van der Waals surface area contributed by atoms with Crippen LogP contribution in [0.15, 0.2) is 67.0 Å². The Labute approximate surface area is 155 Å². The number of hydrogen-bond acceptors (Lipinski definition) is 2. The molecule has 0 aliphatic carbocycles. The molecule has 6 heteroatoms. The van der Waals surface area contributed by atoms with E-state index in [1.807, 2.05) is 36.5 Å². The van der Waals surface area contributed by atoms with Gasteiger partial charge < -0.3 is 10.3 Å². The lowest BCUT2D eigenvalue weighted by Crippen LogP contribution is -2.26. The molecular weight excluding hydrogens is 348 g/mol. The standard InChI is InChI=1S/C20H17ClN4O/c21-15-4-3-5-16(12-15)25-11-9-19(24-25)20(26)22-10-8-14-13-23-18-7-2-1-6-17(14)18/h1-7,9,11-13,23H,8,10H2,(H,22,26). The molecule has 5 nitrogen and oxygen atoms in total. The maximum atomic E-state index is 12.3. The number of aromatic amines is 1. The predicted molar refractivity (Wildman–Crippen MR) is 103 cm³/mol. The van der Waals surface area contributed by atoms with E-state index in [1.165, 1.54) is 10.9 Å². The number of para-hydroxylation sites is 1. The summed E-state index contributed by atoms with van der Waals surface area (Å²) in [7, 11) is 0. The maximum Gasteiger partial charge on any atom is 0.271 e. The molecule has 4 aromatic rings. The Kier molecular flexibility index (Phi) is 4.46. The van der Waals surface area contributed by atoms with Crippen LogP contribution in [0.4, 0.5) is 0 Å². The number of nitrogens with zero attached hydrogens (tertiary/aromatic N) is 2. The van der Waals surface area contributed by atoms with Crippen molar-refractivity contribution in [1.29, 1.82) is 0 Å². The SMILES string of the molecule is O=C(NCCc1c[nH]c2ccccc12)c1ccn(-c2cccc(Cl)c2)n1. The van der Waals surface area contributed by atoms with Gasteiger partial charge in [0.15, 0.2) is 5.69 Å². The van der Waals surface area contributed by atoms with Gasteiger partial charge in [0.1, 0.15) is 0 Å². The molecule has 2 N–H and O–H groups in total. The highest BCUT2D eigenvalue weighted by atomic mass is 35.5. The van der Waals surface area contributed by atoms with E-state index in [9.17, 15) is 4.79 Å². The second-order valence-electron chi connectivity index (χ2n) is 5.99. The molecule has 0 atom stereocenters. The molecule has 0 bridgehead atoms. The lowest BCUT2D eigenvalue weighted by atomic mass is 10.1. The van der Waals surface area contributed by atoms with Crippen molar-refractivity contribution in [3.05, 3.63) is 83.3 Å². The molecule has 1 amide bonds. The molecule has 0 saturated heterocycles. The first kappa shape index (κ1) is 16.4. The van der Waals surface area contributed by atoms with Crippen LogP contribution in [0.1, 0.15) is 16.1 Å². The third kappa shape index (κ3) is 3.34. The summed E-state index contributed by atoms with van der Waals surface area (Å²) in [5, 5.41) is 9.06. The van der Waals surface area contributed by atoms with Crippen LogP contribution in [0.5, 0.6) is 0 Å². The van der Waals surface area contributed by atoms with Gasteiger partial charge in [0.2, 0.25) is 0 Å². The first-order valence-corrected chi connectivity index (χ1v) is 8.73. The summed E-state index contributed by atoms with van der Waals surface area (Å²) in [5.41, 5.74) is 3.48. The highest BCUT2D eigenvalue weighted by Crippen LogP contribution is 2.18. The average Bonchev–Trinajstić information content (AvgIpc) is 3.29. The number of hydrogen-bond donors (Lipinski definition) is 2. The fraction of sp³-hybridized carbons (Fsp3) is 0.100. The molecule has 26 heavy (non-hydrogen) atoms. The fourth-order valence-corrected chi connectivity index (χ4v) is 3.13. The Bertz CT molecular complexity index is 1070. The molecule has 0 saturated carbocycles. The molecule has 2 aromatic heterocycles. The van der Waals surface area contributed by atoms with Crippen LogP contribution in [-0.4, -0.2) is 27.2 Å². The molecule has 0 radical (unpaired) electrons. The largest absolute Gasteiger partial charge is 0.361 e. The molecule has 2 heterocycles. The van der Waals surface area contributed by atoms with Gasteiger partial charge in [-0.3, -0.25) is 4.79 Å². The van der Waals surface area contributed by atoms with Gasteiger partial charge >= 0.3 is 0 Å². The molecule has 2 aromatic carbocycles. The van der Waals surface area contributed by atoms with Gasteiger partial charge in [0.25, 0.3) is 5.91 Å². The lowest BCUT2D eigenvalue weighted by Gasteiger charge is -2.03. The minimum atomic E-state index is -0.189. The predicted octanol–water partition coefficient (Wildman–Crippen LogP) is 3.98. The quantitative estimate of drug-likeness (QED) is 0.562. The van der Waals surface area contributed by atoms with Crippen molar-refractivity contribution in [2.24, 2.45) is 0 Å². The third-order valence-electron chi connectivity index (χ3n) is 4.25. The second kappa shape index (κ2) is 7.06. The van der Waals surface area contributed by atoms with Gasteiger partial charge in [0.05, 0.1) is 5.69 Å². The monoisotopic (exact) mass is 364 g/mol. The number of nitrogens with one attached hydrogen (secondary N) is 2. The summed E-state index contributed by atoms with van der Waals surface area (Å²) in [6.07, 6.45) is 4.50. The number of benzene rings is 2. The minimum absolute atomic E-state index is 0.189. The van der Waals surface area contributed by atoms with E-state index < -0.39 is 0 Å². The van der Waals surface area contributed by atoms with Crippen molar-refractivity contribution >= 4 is 28.4 Å².